The number of hydrogen-bond acceptors (Lipinski definition) is 6. The lowest BCUT2D eigenvalue weighted by molar-refractivity contribution is 0.0848. The zero-order chi connectivity index (χ0) is 29.6. The van der Waals surface area contributed by atoms with Crippen molar-refractivity contribution >= 4 is 11.6 Å². The first kappa shape index (κ1) is 32.2. The van der Waals surface area contributed by atoms with Crippen molar-refractivity contribution in [3.05, 3.63) is 59.7 Å². The second kappa shape index (κ2) is 17.4. The van der Waals surface area contributed by atoms with Crippen molar-refractivity contribution in [3.8, 4) is 11.5 Å². The standard InChI is InChI=1S/C36H52N2O4/c1-41-33-19-15-29(16-20-33)35(39)31(27-37-23-9-3-4-10-24-37)13-7-8-14-32(28-38-25-11-5-6-12-26-38)36(40)30-17-21-34(42-2)22-18-30/h15-22,31-32H,3-14,23-28H2,1-2H3/t31-,32+. The molecule has 2 aliphatic rings. The summed E-state index contributed by atoms with van der Waals surface area (Å²) in [6.45, 7) is 5.99. The molecule has 0 unspecified atom stereocenters. The van der Waals surface area contributed by atoms with Gasteiger partial charge >= 0.3 is 0 Å². The number of ketones is 2. The van der Waals surface area contributed by atoms with Crippen molar-refractivity contribution in [2.24, 2.45) is 11.8 Å². The van der Waals surface area contributed by atoms with Crippen LogP contribution in [0.15, 0.2) is 48.5 Å². The second-order valence-corrected chi connectivity index (χ2v) is 12.3. The Bertz CT molecular complexity index is 981. The van der Waals surface area contributed by atoms with Gasteiger partial charge in [-0.1, -0.05) is 38.5 Å². The van der Waals surface area contributed by atoms with Gasteiger partial charge in [0.15, 0.2) is 11.6 Å². The third kappa shape index (κ3) is 9.95. The molecule has 6 nitrogen and oxygen atoms in total. The van der Waals surface area contributed by atoms with E-state index in [9.17, 15) is 9.59 Å². The molecule has 0 amide bonds. The molecule has 0 aromatic heterocycles. The molecule has 42 heavy (non-hydrogen) atoms. The first-order chi connectivity index (χ1) is 20.6. The maximum absolute atomic E-state index is 13.7. The number of carbonyl (C=O) groups excluding carboxylic acids is 2. The third-order valence-electron chi connectivity index (χ3n) is 9.20. The van der Waals surface area contributed by atoms with E-state index in [4.69, 9.17) is 9.47 Å². The van der Waals surface area contributed by atoms with Crippen LogP contribution in [-0.2, 0) is 0 Å². The van der Waals surface area contributed by atoms with Crippen LogP contribution in [0.5, 0.6) is 11.5 Å². The van der Waals surface area contributed by atoms with Gasteiger partial charge in [-0.2, -0.15) is 0 Å². The summed E-state index contributed by atoms with van der Waals surface area (Å²) < 4.78 is 10.6. The van der Waals surface area contributed by atoms with E-state index < -0.39 is 0 Å². The van der Waals surface area contributed by atoms with Gasteiger partial charge < -0.3 is 19.3 Å². The van der Waals surface area contributed by atoms with Gasteiger partial charge in [0.1, 0.15) is 11.5 Å². The fraction of sp³-hybridized carbons (Fsp3) is 0.611. The summed E-state index contributed by atoms with van der Waals surface area (Å²) in [6.07, 6.45) is 13.6. The molecule has 0 spiro atoms. The van der Waals surface area contributed by atoms with E-state index in [0.717, 1.165) is 87.6 Å². The molecule has 0 saturated carbocycles. The minimum Gasteiger partial charge on any atom is -0.497 e. The van der Waals surface area contributed by atoms with E-state index >= 15 is 0 Å². The molecule has 0 N–H and O–H groups in total. The monoisotopic (exact) mass is 576 g/mol. The Morgan fingerprint density at radius 2 is 0.905 bits per heavy atom. The van der Waals surface area contributed by atoms with Crippen molar-refractivity contribution in [1.29, 1.82) is 0 Å². The number of benzene rings is 2. The molecule has 2 atom stereocenters. The van der Waals surface area contributed by atoms with Crippen LogP contribution < -0.4 is 9.47 Å². The number of hydrogen-bond donors (Lipinski definition) is 0. The SMILES string of the molecule is COc1ccc(C(=O)[C@H](CCCC[C@@H](CN2CCCCCC2)C(=O)c2ccc(OC)cc2)CN2CCCCCC2)cc1. The molecule has 0 aliphatic carbocycles. The highest BCUT2D eigenvalue weighted by molar-refractivity contribution is 5.98. The number of Topliss-reactive ketones (excluding diaryl/α,β-unsaturated/α-hetero) is 2. The Morgan fingerprint density at radius 3 is 1.21 bits per heavy atom. The van der Waals surface area contributed by atoms with Crippen LogP contribution in [-0.4, -0.2) is 74.9 Å². The van der Waals surface area contributed by atoms with Crippen LogP contribution in [0.2, 0.25) is 0 Å². The van der Waals surface area contributed by atoms with E-state index in [0.29, 0.717) is 0 Å². The number of unbranched alkanes of at least 4 members (excludes halogenated alkanes) is 1. The van der Waals surface area contributed by atoms with Gasteiger partial charge in [0.05, 0.1) is 14.2 Å². The molecule has 0 radical (unpaired) electrons. The average Bonchev–Trinajstić information content (AvgIpc) is 3.46. The quantitative estimate of drug-likeness (QED) is 0.164. The van der Waals surface area contributed by atoms with E-state index in [1.165, 1.54) is 51.4 Å². The largest absolute Gasteiger partial charge is 0.497 e. The number of nitrogens with zero attached hydrogens (tertiary/aromatic N) is 2. The highest BCUT2D eigenvalue weighted by Crippen LogP contribution is 2.25. The minimum atomic E-state index is -0.0298. The van der Waals surface area contributed by atoms with E-state index in [2.05, 4.69) is 9.80 Å². The molecule has 230 valence electrons. The summed E-state index contributed by atoms with van der Waals surface area (Å²) in [6, 6.07) is 15.1. The summed E-state index contributed by atoms with van der Waals surface area (Å²) in [4.78, 5) is 32.5. The molecule has 2 heterocycles. The average molecular weight is 577 g/mol. The normalized spacial score (nSPS) is 18.4. The molecule has 2 aromatic rings. The van der Waals surface area contributed by atoms with Gasteiger partial charge in [-0.05, 0) is 113 Å². The molecular weight excluding hydrogens is 524 g/mol. The van der Waals surface area contributed by atoms with Crippen LogP contribution in [0, 0.1) is 11.8 Å². The molecule has 2 aromatic carbocycles. The Morgan fingerprint density at radius 1 is 0.571 bits per heavy atom. The summed E-state index contributed by atoms with van der Waals surface area (Å²) in [7, 11) is 3.30. The molecule has 2 saturated heterocycles. The zero-order valence-corrected chi connectivity index (χ0v) is 26.0. The van der Waals surface area contributed by atoms with Crippen LogP contribution in [0.3, 0.4) is 0 Å². The van der Waals surface area contributed by atoms with Gasteiger partial charge in [0.2, 0.25) is 0 Å². The Labute approximate surface area is 253 Å². The fourth-order valence-corrected chi connectivity index (χ4v) is 6.63. The lowest BCUT2D eigenvalue weighted by Gasteiger charge is -2.27. The van der Waals surface area contributed by atoms with Gasteiger partial charge in [-0.15, -0.1) is 0 Å². The van der Waals surface area contributed by atoms with Crippen LogP contribution >= 0.6 is 0 Å². The van der Waals surface area contributed by atoms with Gasteiger partial charge in [0.25, 0.3) is 0 Å². The molecule has 6 heteroatoms. The lowest BCUT2D eigenvalue weighted by atomic mass is 9.88. The molecule has 0 bridgehead atoms. The van der Waals surface area contributed by atoms with E-state index in [-0.39, 0.29) is 23.4 Å². The molecule has 2 fully saturated rings. The summed E-state index contributed by atoms with van der Waals surface area (Å²) in [5.41, 5.74) is 1.54. The summed E-state index contributed by atoms with van der Waals surface area (Å²) in [5, 5.41) is 0. The minimum absolute atomic E-state index is 0.0298. The van der Waals surface area contributed by atoms with E-state index in [1.54, 1.807) is 14.2 Å². The van der Waals surface area contributed by atoms with Crippen LogP contribution in [0.25, 0.3) is 0 Å². The smallest absolute Gasteiger partial charge is 0.167 e. The van der Waals surface area contributed by atoms with Gasteiger partial charge in [-0.25, -0.2) is 0 Å². The summed E-state index contributed by atoms with van der Waals surface area (Å²) in [5.74, 6) is 1.95. The third-order valence-corrected chi connectivity index (χ3v) is 9.20. The molecular formula is C36H52N2O4. The lowest BCUT2D eigenvalue weighted by Crippen LogP contribution is -2.35. The van der Waals surface area contributed by atoms with Crippen molar-refractivity contribution in [2.45, 2.75) is 77.0 Å². The number of ether oxygens (including phenoxy) is 2. The summed E-state index contributed by atoms with van der Waals surface area (Å²) >= 11 is 0. The zero-order valence-electron chi connectivity index (χ0n) is 26.0. The second-order valence-electron chi connectivity index (χ2n) is 12.3. The van der Waals surface area contributed by atoms with Crippen molar-refractivity contribution in [2.75, 3.05) is 53.5 Å². The highest BCUT2D eigenvalue weighted by atomic mass is 16.5. The number of likely N-dealkylation sites (tertiary alicyclic amines) is 2. The van der Waals surface area contributed by atoms with Crippen molar-refractivity contribution in [3.63, 3.8) is 0 Å². The first-order valence-corrected chi connectivity index (χ1v) is 16.4. The Kier molecular flexibility index (Phi) is 13.4. The maximum Gasteiger partial charge on any atom is 0.167 e. The Hall–Kier alpha value is -2.70. The predicted octanol–water partition coefficient (Wildman–Crippen LogP) is 7.31. The van der Waals surface area contributed by atoms with Crippen molar-refractivity contribution < 1.29 is 19.1 Å². The van der Waals surface area contributed by atoms with Crippen LogP contribution in [0.4, 0.5) is 0 Å². The number of carbonyl (C=O) groups is 2. The van der Waals surface area contributed by atoms with Gasteiger partial charge in [0, 0.05) is 36.1 Å². The van der Waals surface area contributed by atoms with Crippen LogP contribution in [0.1, 0.15) is 97.8 Å². The predicted molar refractivity (Wildman–Crippen MR) is 170 cm³/mol. The van der Waals surface area contributed by atoms with Gasteiger partial charge in [-0.3, -0.25) is 9.59 Å². The van der Waals surface area contributed by atoms with Crippen molar-refractivity contribution in [1.82, 2.24) is 9.80 Å². The topological polar surface area (TPSA) is 59.1 Å². The maximum atomic E-state index is 13.7. The first-order valence-electron chi connectivity index (χ1n) is 16.4. The number of rotatable bonds is 15. The molecule has 2 aliphatic heterocycles. The van der Waals surface area contributed by atoms with E-state index in [1.807, 2.05) is 48.5 Å². The molecule has 4 rings (SSSR count). The number of methoxy groups -OCH3 is 2. The fourth-order valence-electron chi connectivity index (χ4n) is 6.63. The highest BCUT2D eigenvalue weighted by Gasteiger charge is 2.26. The Balaban J connectivity index is 1.41.